The van der Waals surface area contributed by atoms with E-state index in [2.05, 4.69) is 74.8 Å². The molecule has 0 atom stereocenters. The van der Waals surface area contributed by atoms with Gasteiger partial charge in [0.1, 0.15) is 29.0 Å². The number of aromatic nitrogens is 15. The van der Waals surface area contributed by atoms with E-state index in [9.17, 15) is 0 Å². The van der Waals surface area contributed by atoms with Gasteiger partial charge in [-0.3, -0.25) is 15.0 Å². The minimum atomic E-state index is 0.604. The number of rotatable bonds is 8. The summed E-state index contributed by atoms with van der Waals surface area (Å²) in [6.45, 7) is 7.49. The highest BCUT2D eigenvalue weighted by molar-refractivity contribution is 5.63. The zero-order chi connectivity index (χ0) is 52.3. The maximum absolute atomic E-state index is 4.55. The molecule has 0 aliphatic carbocycles. The summed E-state index contributed by atoms with van der Waals surface area (Å²) in [5.74, 6) is 8.25. The summed E-state index contributed by atoms with van der Waals surface area (Å²) < 4.78 is 0. The molecule has 0 fully saturated rings. The zero-order valence-corrected chi connectivity index (χ0v) is 42.1. The van der Waals surface area contributed by atoms with Gasteiger partial charge in [0.2, 0.25) is 0 Å². The van der Waals surface area contributed by atoms with Crippen LogP contribution in [0.4, 0.5) is 0 Å². The lowest BCUT2D eigenvalue weighted by Gasteiger charge is -2.05. The van der Waals surface area contributed by atoms with Crippen molar-refractivity contribution in [1.82, 2.24) is 74.8 Å². The second-order valence-electron chi connectivity index (χ2n) is 16.6. The fourth-order valence-corrected chi connectivity index (χ4v) is 7.37. The lowest BCUT2D eigenvalue weighted by Crippen LogP contribution is -2.00. The summed E-state index contributed by atoms with van der Waals surface area (Å²) in [5.41, 5.74) is 7.55. The van der Waals surface area contributed by atoms with Crippen LogP contribution >= 0.6 is 0 Å². The second kappa shape index (κ2) is 25.3. The molecule has 0 bridgehead atoms. The van der Waals surface area contributed by atoms with E-state index in [-0.39, 0.29) is 0 Å². The van der Waals surface area contributed by atoms with Crippen molar-refractivity contribution in [3.8, 4) is 91.2 Å². The largest absolute Gasteiger partial charge is 0.265 e. The van der Waals surface area contributed by atoms with Crippen LogP contribution in [0.3, 0.4) is 0 Å². The van der Waals surface area contributed by atoms with Crippen molar-refractivity contribution in [2.24, 2.45) is 0 Å². The maximum atomic E-state index is 4.55. The summed E-state index contributed by atoms with van der Waals surface area (Å²) in [7, 11) is 0. The smallest absolute Gasteiger partial charge is 0.182 e. The molecule has 5 aromatic carbocycles. The summed E-state index contributed by atoms with van der Waals surface area (Å²) in [6, 6.07) is 62.8. The van der Waals surface area contributed by atoms with Gasteiger partial charge in [-0.2, -0.15) is 0 Å². The molecule has 0 radical (unpaired) electrons. The van der Waals surface area contributed by atoms with E-state index in [0.29, 0.717) is 64.1 Å². The SMILES string of the molecule is Cc1nc(-c2ccccc2)nc(-c2ccccc2)n1.Cc1nc(-c2ccccc2)nc(-c2ccccn2)n1.Cc1nc(-c2ccccc2)nc(-c2cccnc2)n1.Cc1nc(-c2ccccc2)nc(-c2ccncc2)n1. The van der Waals surface area contributed by atoms with Gasteiger partial charge in [-0.25, -0.2) is 59.8 Å². The van der Waals surface area contributed by atoms with Crippen molar-refractivity contribution < 1.29 is 0 Å². The van der Waals surface area contributed by atoms with E-state index >= 15 is 0 Å². The molecule has 0 saturated carbocycles. The van der Waals surface area contributed by atoms with E-state index in [1.165, 1.54) is 0 Å². The van der Waals surface area contributed by atoms with Crippen LogP contribution in [-0.2, 0) is 0 Å². The van der Waals surface area contributed by atoms with Gasteiger partial charge in [0.25, 0.3) is 0 Å². The number of pyridine rings is 3. The molecule has 15 nitrogen and oxygen atoms in total. The Morgan fingerprint density at radius 2 is 0.500 bits per heavy atom. The molecule has 0 aliphatic heterocycles. The van der Waals surface area contributed by atoms with Crippen LogP contribution in [0.5, 0.6) is 0 Å². The molecule has 15 heteroatoms. The molecule has 0 spiro atoms. The molecule has 7 heterocycles. The number of hydrogen-bond donors (Lipinski definition) is 0. The molecule has 0 saturated heterocycles. The monoisotopic (exact) mass is 991 g/mol. The van der Waals surface area contributed by atoms with Crippen LogP contribution in [0.15, 0.2) is 225 Å². The van der Waals surface area contributed by atoms with Gasteiger partial charge >= 0.3 is 0 Å². The fourth-order valence-electron chi connectivity index (χ4n) is 7.37. The summed E-state index contributed by atoms with van der Waals surface area (Å²) in [4.78, 5) is 65.5. The van der Waals surface area contributed by atoms with Crippen molar-refractivity contribution in [3.05, 3.63) is 248 Å². The van der Waals surface area contributed by atoms with Crippen LogP contribution in [0.2, 0.25) is 0 Å². The first-order valence-electron chi connectivity index (χ1n) is 24.2. The Kier molecular flexibility index (Phi) is 16.8. The van der Waals surface area contributed by atoms with Gasteiger partial charge in [-0.05, 0) is 64.1 Å². The van der Waals surface area contributed by atoms with Gasteiger partial charge < -0.3 is 0 Å². The average molecular weight is 992 g/mol. The van der Waals surface area contributed by atoms with Gasteiger partial charge in [0, 0.05) is 69.9 Å². The van der Waals surface area contributed by atoms with Gasteiger partial charge in [-0.15, -0.1) is 0 Å². The molecular formula is C61H49N15. The number of benzene rings is 5. The zero-order valence-electron chi connectivity index (χ0n) is 42.1. The molecule has 0 aliphatic rings. The summed E-state index contributed by atoms with van der Waals surface area (Å²) >= 11 is 0. The van der Waals surface area contributed by atoms with Crippen LogP contribution in [0.1, 0.15) is 23.3 Å². The van der Waals surface area contributed by atoms with Gasteiger partial charge in [0.05, 0.1) is 0 Å². The standard InChI is InChI=1S/C16H13N3.3C15H12N4/c1-12-17-15(13-8-4-2-5-9-13)19-16(18-12)14-10-6-3-7-11-14;1-11-17-14(12-7-3-2-4-8-12)19-15(18-11)13-9-5-6-10-16-13;1-11-17-14(12-6-3-2-4-7-12)19-15(18-11)13-8-5-9-16-10-13;1-11-17-14(12-5-3-2-4-6-12)19-15(18-11)13-7-9-16-10-8-13/h2-11H,1H3;3*2-10H,1H3. The summed E-state index contributed by atoms with van der Waals surface area (Å²) in [6.07, 6.45) is 8.68. The third-order valence-corrected chi connectivity index (χ3v) is 10.9. The quantitative estimate of drug-likeness (QED) is 0.139. The van der Waals surface area contributed by atoms with Gasteiger partial charge in [0.15, 0.2) is 46.6 Å². The Balaban J connectivity index is 0.000000124. The molecule has 76 heavy (non-hydrogen) atoms. The summed E-state index contributed by atoms with van der Waals surface area (Å²) in [5, 5.41) is 0. The van der Waals surface area contributed by atoms with Crippen molar-refractivity contribution in [3.63, 3.8) is 0 Å². The van der Waals surface area contributed by atoms with Crippen LogP contribution in [0, 0.1) is 27.7 Å². The fraction of sp³-hybridized carbons (Fsp3) is 0.0656. The first kappa shape index (κ1) is 50.5. The first-order chi connectivity index (χ1) is 37.3. The minimum absolute atomic E-state index is 0.604. The number of nitrogens with zero attached hydrogens (tertiary/aromatic N) is 15. The molecule has 0 unspecified atom stereocenters. The lowest BCUT2D eigenvalue weighted by molar-refractivity contribution is 0.983. The molecule has 0 amide bonds. The average Bonchev–Trinajstić information content (AvgIpc) is 3.49. The third-order valence-electron chi connectivity index (χ3n) is 10.9. The van der Waals surface area contributed by atoms with E-state index in [1.807, 2.05) is 222 Å². The van der Waals surface area contributed by atoms with Crippen molar-refractivity contribution in [2.45, 2.75) is 27.7 Å². The Bertz CT molecular complexity index is 2990. The van der Waals surface area contributed by atoms with Gasteiger partial charge in [-0.1, -0.05) is 158 Å². The highest BCUT2D eigenvalue weighted by Crippen LogP contribution is 2.23. The van der Waals surface area contributed by atoms with Crippen molar-refractivity contribution >= 4 is 0 Å². The molecule has 12 rings (SSSR count). The van der Waals surface area contributed by atoms with E-state index in [1.54, 1.807) is 31.0 Å². The van der Waals surface area contributed by atoms with Crippen molar-refractivity contribution in [1.29, 1.82) is 0 Å². The molecular weight excluding hydrogens is 943 g/mol. The normalized spacial score (nSPS) is 10.4. The Morgan fingerprint density at radius 1 is 0.211 bits per heavy atom. The Morgan fingerprint density at radius 3 is 0.816 bits per heavy atom. The molecule has 7 aromatic heterocycles. The third kappa shape index (κ3) is 14.0. The lowest BCUT2D eigenvalue weighted by atomic mass is 10.2. The van der Waals surface area contributed by atoms with E-state index in [4.69, 9.17) is 0 Å². The molecule has 368 valence electrons. The number of hydrogen-bond acceptors (Lipinski definition) is 15. The van der Waals surface area contributed by atoms with Crippen LogP contribution in [0.25, 0.3) is 91.2 Å². The highest BCUT2D eigenvalue weighted by atomic mass is 15.1. The van der Waals surface area contributed by atoms with E-state index in [0.717, 1.165) is 50.5 Å². The Labute approximate surface area is 440 Å². The van der Waals surface area contributed by atoms with Crippen LogP contribution < -0.4 is 0 Å². The van der Waals surface area contributed by atoms with Crippen LogP contribution in [-0.4, -0.2) is 74.8 Å². The molecule has 0 N–H and O–H groups in total. The highest BCUT2D eigenvalue weighted by Gasteiger charge is 2.12. The van der Waals surface area contributed by atoms with E-state index < -0.39 is 0 Å². The second-order valence-corrected chi connectivity index (χ2v) is 16.6. The topological polar surface area (TPSA) is 193 Å². The Hall–Kier alpha value is -10.4. The number of aryl methyl sites for hydroxylation is 4. The maximum Gasteiger partial charge on any atom is 0.182 e. The first-order valence-corrected chi connectivity index (χ1v) is 24.2. The predicted octanol–water partition coefficient (Wildman–Crippen LogP) is 12.2. The minimum Gasteiger partial charge on any atom is -0.265 e. The van der Waals surface area contributed by atoms with Crippen molar-refractivity contribution in [2.75, 3.05) is 0 Å². The molecule has 12 aromatic rings. The predicted molar refractivity (Wildman–Crippen MR) is 295 cm³/mol.